The maximum absolute atomic E-state index is 12.7. The van der Waals surface area contributed by atoms with Gasteiger partial charge >= 0.3 is 0 Å². The first kappa shape index (κ1) is 17.8. The van der Waals surface area contributed by atoms with Gasteiger partial charge in [-0.15, -0.1) is 0 Å². The zero-order chi connectivity index (χ0) is 17.2. The standard InChI is InChI=1S/C15H26N4O4S/c1-17-11-15(16-12-17)24(20,21)19-4-3-13-9-18(5-7-22-2)6-8-23-14(13)10-19/h11-14H,3-10H2,1-2H3/t13-,14-/m1/s1. The quantitative estimate of drug-likeness (QED) is 0.724. The van der Waals surface area contributed by atoms with E-state index in [4.69, 9.17) is 9.47 Å². The summed E-state index contributed by atoms with van der Waals surface area (Å²) in [5.41, 5.74) is 0. The minimum absolute atomic E-state index is 0.0511. The molecule has 24 heavy (non-hydrogen) atoms. The van der Waals surface area contributed by atoms with Gasteiger partial charge in [0.2, 0.25) is 0 Å². The largest absolute Gasteiger partial charge is 0.383 e. The summed E-state index contributed by atoms with van der Waals surface area (Å²) in [5.74, 6) is 0.361. The summed E-state index contributed by atoms with van der Waals surface area (Å²) in [6.07, 6.45) is 3.81. The molecule has 1 aromatic heterocycles. The lowest BCUT2D eigenvalue weighted by Gasteiger charge is -2.36. The fourth-order valence-corrected chi connectivity index (χ4v) is 4.82. The molecule has 1 aromatic rings. The Kier molecular flexibility index (Phi) is 5.56. The zero-order valence-corrected chi connectivity index (χ0v) is 15.1. The minimum Gasteiger partial charge on any atom is -0.383 e. The molecule has 0 spiro atoms. The predicted octanol–water partition coefficient (Wildman–Crippen LogP) is -0.222. The lowest BCUT2D eigenvalue weighted by molar-refractivity contribution is -0.00196. The molecular formula is C15H26N4O4S. The van der Waals surface area contributed by atoms with Gasteiger partial charge in [0.25, 0.3) is 10.0 Å². The molecule has 0 saturated carbocycles. The number of hydrogen-bond acceptors (Lipinski definition) is 6. The number of imidazole rings is 1. The van der Waals surface area contributed by atoms with Gasteiger partial charge in [0.15, 0.2) is 5.03 Å². The molecule has 8 nitrogen and oxygen atoms in total. The van der Waals surface area contributed by atoms with Gasteiger partial charge in [-0.3, -0.25) is 4.90 Å². The molecule has 3 heterocycles. The maximum Gasteiger partial charge on any atom is 0.262 e. The molecule has 0 radical (unpaired) electrons. The number of piperidine rings is 1. The molecule has 9 heteroatoms. The van der Waals surface area contributed by atoms with E-state index in [9.17, 15) is 8.42 Å². The molecule has 0 N–H and O–H groups in total. The van der Waals surface area contributed by atoms with Crippen molar-refractivity contribution in [2.75, 3.05) is 53.0 Å². The highest BCUT2D eigenvalue weighted by Gasteiger charge is 2.38. The summed E-state index contributed by atoms with van der Waals surface area (Å²) < 4.78 is 39.8. The summed E-state index contributed by atoms with van der Waals surface area (Å²) in [7, 11) is -0.0720. The van der Waals surface area contributed by atoms with E-state index in [0.29, 0.717) is 32.2 Å². The van der Waals surface area contributed by atoms with Gasteiger partial charge in [0.05, 0.1) is 25.6 Å². The molecule has 2 aliphatic heterocycles. The SMILES string of the molecule is COCCN1CCO[C@@H]2CN(S(=O)(=O)c3cn(C)cn3)CC[C@@H]2C1. The number of methoxy groups -OCH3 is 1. The van der Waals surface area contributed by atoms with Crippen molar-refractivity contribution in [3.63, 3.8) is 0 Å². The fraction of sp³-hybridized carbons (Fsp3) is 0.800. The summed E-state index contributed by atoms with van der Waals surface area (Å²) >= 11 is 0. The van der Waals surface area contributed by atoms with Crippen LogP contribution in [0.25, 0.3) is 0 Å². The molecule has 2 atom stereocenters. The van der Waals surface area contributed by atoms with Crippen molar-refractivity contribution >= 4 is 10.0 Å². The van der Waals surface area contributed by atoms with E-state index in [2.05, 4.69) is 9.88 Å². The number of aryl methyl sites for hydroxylation is 1. The van der Waals surface area contributed by atoms with Crippen LogP contribution in [-0.4, -0.2) is 86.3 Å². The van der Waals surface area contributed by atoms with Crippen molar-refractivity contribution in [2.24, 2.45) is 13.0 Å². The van der Waals surface area contributed by atoms with Crippen LogP contribution in [0.1, 0.15) is 6.42 Å². The van der Waals surface area contributed by atoms with Gasteiger partial charge in [-0.05, 0) is 6.42 Å². The van der Waals surface area contributed by atoms with Crippen molar-refractivity contribution in [3.8, 4) is 0 Å². The van der Waals surface area contributed by atoms with Gasteiger partial charge in [-0.2, -0.15) is 4.31 Å². The number of nitrogens with zero attached hydrogens (tertiary/aromatic N) is 4. The van der Waals surface area contributed by atoms with Crippen molar-refractivity contribution in [1.29, 1.82) is 0 Å². The van der Waals surface area contributed by atoms with Gasteiger partial charge < -0.3 is 14.0 Å². The first-order valence-electron chi connectivity index (χ1n) is 8.31. The van der Waals surface area contributed by atoms with Crippen LogP contribution in [0.4, 0.5) is 0 Å². The number of fused-ring (bicyclic) bond motifs is 1. The van der Waals surface area contributed by atoms with Gasteiger partial charge in [0.1, 0.15) is 0 Å². The van der Waals surface area contributed by atoms with E-state index < -0.39 is 10.0 Å². The van der Waals surface area contributed by atoms with E-state index >= 15 is 0 Å². The molecule has 0 amide bonds. The Labute approximate surface area is 143 Å². The van der Waals surface area contributed by atoms with Crippen LogP contribution < -0.4 is 0 Å². The Morgan fingerprint density at radius 3 is 2.92 bits per heavy atom. The Balaban J connectivity index is 1.66. The van der Waals surface area contributed by atoms with Crippen LogP contribution in [0.5, 0.6) is 0 Å². The molecule has 2 aliphatic rings. The van der Waals surface area contributed by atoms with Gasteiger partial charge in [0, 0.05) is 59.0 Å². The molecular weight excluding hydrogens is 332 g/mol. The van der Waals surface area contributed by atoms with Crippen LogP contribution in [0.3, 0.4) is 0 Å². The Morgan fingerprint density at radius 2 is 2.21 bits per heavy atom. The molecule has 2 saturated heterocycles. The maximum atomic E-state index is 12.7. The second-order valence-electron chi connectivity index (χ2n) is 6.49. The molecule has 0 bridgehead atoms. The number of hydrogen-bond donors (Lipinski definition) is 0. The molecule has 0 aromatic carbocycles. The summed E-state index contributed by atoms with van der Waals surface area (Å²) in [6.45, 7) is 4.94. The average molecular weight is 358 g/mol. The smallest absolute Gasteiger partial charge is 0.262 e. The van der Waals surface area contributed by atoms with E-state index in [1.165, 1.54) is 10.6 Å². The number of aromatic nitrogens is 2. The normalized spacial score (nSPS) is 26.9. The van der Waals surface area contributed by atoms with Crippen LogP contribution in [0.2, 0.25) is 0 Å². The topological polar surface area (TPSA) is 76.9 Å². The zero-order valence-electron chi connectivity index (χ0n) is 14.3. The molecule has 2 fully saturated rings. The third-order valence-electron chi connectivity index (χ3n) is 4.79. The third-order valence-corrected chi connectivity index (χ3v) is 6.54. The summed E-state index contributed by atoms with van der Waals surface area (Å²) in [6, 6.07) is 0. The van der Waals surface area contributed by atoms with E-state index in [1.54, 1.807) is 24.9 Å². The van der Waals surface area contributed by atoms with E-state index in [1.807, 2.05) is 0 Å². The second-order valence-corrected chi connectivity index (χ2v) is 8.38. The second kappa shape index (κ2) is 7.49. The van der Waals surface area contributed by atoms with Gasteiger partial charge in [-0.25, -0.2) is 13.4 Å². The van der Waals surface area contributed by atoms with Crippen LogP contribution in [0, 0.1) is 5.92 Å². The van der Waals surface area contributed by atoms with Crippen molar-refractivity contribution in [1.82, 2.24) is 18.8 Å². The molecule has 136 valence electrons. The Bertz CT molecular complexity index is 648. The highest BCUT2D eigenvalue weighted by Crippen LogP contribution is 2.27. The average Bonchev–Trinajstić information content (AvgIpc) is 2.90. The number of sulfonamides is 1. The van der Waals surface area contributed by atoms with Gasteiger partial charge in [-0.1, -0.05) is 0 Å². The van der Waals surface area contributed by atoms with Crippen LogP contribution in [0.15, 0.2) is 17.6 Å². The predicted molar refractivity (Wildman–Crippen MR) is 88.1 cm³/mol. The highest BCUT2D eigenvalue weighted by atomic mass is 32.2. The molecule has 0 aliphatic carbocycles. The van der Waals surface area contributed by atoms with Crippen LogP contribution in [-0.2, 0) is 26.5 Å². The Morgan fingerprint density at radius 1 is 1.38 bits per heavy atom. The lowest BCUT2D eigenvalue weighted by atomic mass is 9.94. The molecule has 0 unspecified atom stereocenters. The first-order valence-corrected chi connectivity index (χ1v) is 9.75. The minimum atomic E-state index is -3.54. The third kappa shape index (κ3) is 3.80. The Hall–Kier alpha value is -1.00. The summed E-state index contributed by atoms with van der Waals surface area (Å²) in [5, 5.41) is 0.110. The number of ether oxygens (including phenoxy) is 2. The number of rotatable bonds is 5. The lowest BCUT2D eigenvalue weighted by Crippen LogP contribution is -2.49. The summed E-state index contributed by atoms with van der Waals surface area (Å²) in [4.78, 5) is 6.35. The molecule has 3 rings (SSSR count). The van der Waals surface area contributed by atoms with Crippen molar-refractivity contribution in [3.05, 3.63) is 12.5 Å². The van der Waals surface area contributed by atoms with Crippen LogP contribution >= 0.6 is 0 Å². The van der Waals surface area contributed by atoms with E-state index in [0.717, 1.165) is 26.1 Å². The highest BCUT2D eigenvalue weighted by molar-refractivity contribution is 7.89. The fourth-order valence-electron chi connectivity index (χ4n) is 3.39. The van der Waals surface area contributed by atoms with E-state index in [-0.39, 0.29) is 11.1 Å². The van der Waals surface area contributed by atoms with Crippen molar-refractivity contribution < 1.29 is 17.9 Å². The monoisotopic (exact) mass is 358 g/mol. The van der Waals surface area contributed by atoms with Crippen molar-refractivity contribution in [2.45, 2.75) is 17.6 Å². The first-order chi connectivity index (χ1) is 11.5.